The van der Waals surface area contributed by atoms with E-state index in [1.54, 1.807) is 17.4 Å². The SMILES string of the molecule is CCCN(Cc1ccccc1C(O)OCC)c1nc(-c2ccc(Cl)cc2Cl)c(C)s1. The third-order valence-electron chi connectivity index (χ3n) is 4.74. The topological polar surface area (TPSA) is 45.6 Å². The van der Waals surface area contributed by atoms with Crippen LogP contribution >= 0.6 is 34.5 Å². The number of aryl methyl sites for hydroxylation is 1. The van der Waals surface area contributed by atoms with Crippen molar-refractivity contribution in [1.82, 2.24) is 4.98 Å². The minimum atomic E-state index is -0.934. The number of thiazole rings is 1. The zero-order valence-corrected chi connectivity index (χ0v) is 19.7. The predicted molar refractivity (Wildman–Crippen MR) is 127 cm³/mol. The van der Waals surface area contributed by atoms with Crippen LogP contribution in [0.4, 0.5) is 5.13 Å². The van der Waals surface area contributed by atoms with Gasteiger partial charge in [-0.2, -0.15) is 0 Å². The van der Waals surface area contributed by atoms with Crippen LogP contribution in [0.1, 0.15) is 42.6 Å². The highest BCUT2D eigenvalue weighted by Crippen LogP contribution is 2.37. The van der Waals surface area contributed by atoms with E-state index in [0.29, 0.717) is 23.2 Å². The molecule has 0 aliphatic heterocycles. The van der Waals surface area contributed by atoms with Gasteiger partial charge in [0.05, 0.1) is 10.7 Å². The molecule has 0 saturated heterocycles. The molecule has 0 amide bonds. The molecule has 0 fully saturated rings. The number of halogens is 2. The fourth-order valence-corrected chi connectivity index (χ4v) is 4.78. The highest BCUT2D eigenvalue weighted by molar-refractivity contribution is 7.16. The first-order valence-electron chi connectivity index (χ1n) is 9.99. The van der Waals surface area contributed by atoms with Gasteiger partial charge in [-0.15, -0.1) is 11.3 Å². The summed E-state index contributed by atoms with van der Waals surface area (Å²) >= 11 is 14.1. The van der Waals surface area contributed by atoms with Crippen LogP contribution in [-0.4, -0.2) is 23.2 Å². The molecule has 0 aliphatic rings. The molecule has 3 aromatic rings. The summed E-state index contributed by atoms with van der Waals surface area (Å²) in [6.45, 7) is 8.00. The van der Waals surface area contributed by atoms with E-state index in [1.165, 1.54) is 0 Å². The number of benzene rings is 2. The summed E-state index contributed by atoms with van der Waals surface area (Å²) in [5, 5.41) is 12.5. The van der Waals surface area contributed by atoms with Gasteiger partial charge in [0.1, 0.15) is 0 Å². The largest absolute Gasteiger partial charge is 0.364 e. The summed E-state index contributed by atoms with van der Waals surface area (Å²) in [4.78, 5) is 8.25. The third-order valence-corrected chi connectivity index (χ3v) is 6.32. The first-order valence-corrected chi connectivity index (χ1v) is 11.6. The van der Waals surface area contributed by atoms with Gasteiger partial charge in [0.2, 0.25) is 0 Å². The Morgan fingerprint density at radius 3 is 2.63 bits per heavy atom. The third kappa shape index (κ3) is 5.34. The van der Waals surface area contributed by atoms with E-state index in [-0.39, 0.29) is 0 Å². The number of nitrogens with zero attached hydrogens (tertiary/aromatic N) is 2. The second-order valence-corrected chi connectivity index (χ2v) is 8.98. The lowest BCUT2D eigenvalue weighted by Crippen LogP contribution is -2.24. The maximum absolute atomic E-state index is 10.4. The Kier molecular flexibility index (Phi) is 8.14. The molecule has 160 valence electrons. The Labute approximate surface area is 192 Å². The van der Waals surface area contributed by atoms with Crippen LogP contribution in [0.2, 0.25) is 10.0 Å². The average molecular weight is 465 g/mol. The lowest BCUT2D eigenvalue weighted by atomic mass is 10.1. The standard InChI is InChI=1S/C23H26Cl2N2O2S/c1-4-12-27(14-16-8-6-7-9-18(16)22(28)29-5-2)23-26-21(15(3)30-23)19-11-10-17(24)13-20(19)25/h6-11,13,22,28H,4-5,12,14H2,1-3H3. The molecular weight excluding hydrogens is 439 g/mol. The molecule has 0 aliphatic carbocycles. The Hall–Kier alpha value is -1.63. The quantitative estimate of drug-likeness (QED) is 0.350. The summed E-state index contributed by atoms with van der Waals surface area (Å²) in [6.07, 6.45) is 0.0439. The first kappa shape index (κ1) is 23.0. The Balaban J connectivity index is 1.93. The van der Waals surface area contributed by atoms with E-state index in [2.05, 4.69) is 18.7 Å². The minimum absolute atomic E-state index is 0.449. The molecule has 30 heavy (non-hydrogen) atoms. The Morgan fingerprint density at radius 2 is 1.93 bits per heavy atom. The van der Waals surface area contributed by atoms with Gasteiger partial charge in [-0.25, -0.2) is 4.98 Å². The lowest BCUT2D eigenvalue weighted by molar-refractivity contribution is -0.0984. The normalized spacial score (nSPS) is 12.2. The predicted octanol–water partition coefficient (Wildman–Crippen LogP) is 6.87. The summed E-state index contributed by atoms with van der Waals surface area (Å²) in [5.41, 5.74) is 3.56. The van der Waals surface area contributed by atoms with Crippen molar-refractivity contribution in [2.24, 2.45) is 0 Å². The molecular formula is C23H26Cl2N2O2S. The molecule has 0 radical (unpaired) electrons. The fraction of sp³-hybridized carbons (Fsp3) is 0.348. The molecule has 3 rings (SSSR count). The van der Waals surface area contributed by atoms with Crippen LogP contribution in [0.15, 0.2) is 42.5 Å². The van der Waals surface area contributed by atoms with Crippen molar-refractivity contribution in [2.45, 2.75) is 40.0 Å². The van der Waals surface area contributed by atoms with Crippen LogP contribution in [0.5, 0.6) is 0 Å². The smallest absolute Gasteiger partial charge is 0.186 e. The number of hydrogen-bond acceptors (Lipinski definition) is 5. The van der Waals surface area contributed by atoms with E-state index in [4.69, 9.17) is 32.9 Å². The molecule has 7 heteroatoms. The van der Waals surface area contributed by atoms with Crippen molar-refractivity contribution in [3.8, 4) is 11.3 Å². The van der Waals surface area contributed by atoms with Crippen molar-refractivity contribution in [3.05, 3.63) is 68.5 Å². The summed E-state index contributed by atoms with van der Waals surface area (Å²) < 4.78 is 5.42. The van der Waals surface area contributed by atoms with Gasteiger partial charge in [0.15, 0.2) is 11.4 Å². The molecule has 4 nitrogen and oxygen atoms in total. The van der Waals surface area contributed by atoms with Crippen LogP contribution in [-0.2, 0) is 11.3 Å². The molecule has 1 N–H and O–H groups in total. The van der Waals surface area contributed by atoms with Gasteiger partial charge < -0.3 is 14.7 Å². The van der Waals surface area contributed by atoms with Crippen LogP contribution in [0, 0.1) is 6.92 Å². The van der Waals surface area contributed by atoms with Gasteiger partial charge >= 0.3 is 0 Å². The van der Waals surface area contributed by atoms with Gasteiger partial charge in [0.25, 0.3) is 0 Å². The molecule has 0 bridgehead atoms. The van der Waals surface area contributed by atoms with E-state index >= 15 is 0 Å². The number of anilines is 1. The summed E-state index contributed by atoms with van der Waals surface area (Å²) in [5.74, 6) is 0. The monoisotopic (exact) mass is 464 g/mol. The fourth-order valence-electron chi connectivity index (χ4n) is 3.33. The maximum Gasteiger partial charge on any atom is 0.186 e. The second-order valence-electron chi connectivity index (χ2n) is 6.95. The summed E-state index contributed by atoms with van der Waals surface area (Å²) in [6, 6.07) is 13.3. The zero-order chi connectivity index (χ0) is 21.7. The van der Waals surface area contributed by atoms with Crippen molar-refractivity contribution >= 4 is 39.7 Å². The molecule has 1 unspecified atom stereocenters. The number of aliphatic hydroxyl groups is 1. The number of hydrogen-bond donors (Lipinski definition) is 1. The van der Waals surface area contributed by atoms with E-state index in [1.807, 2.05) is 43.3 Å². The lowest BCUT2D eigenvalue weighted by Gasteiger charge is -2.24. The Bertz CT molecular complexity index is 993. The molecule has 1 heterocycles. The maximum atomic E-state index is 10.4. The van der Waals surface area contributed by atoms with Gasteiger partial charge in [-0.05, 0) is 44.0 Å². The summed E-state index contributed by atoms with van der Waals surface area (Å²) in [7, 11) is 0. The van der Waals surface area contributed by atoms with Crippen LogP contribution < -0.4 is 4.90 Å². The highest BCUT2D eigenvalue weighted by atomic mass is 35.5. The molecule has 1 aromatic heterocycles. The Morgan fingerprint density at radius 1 is 1.17 bits per heavy atom. The second kappa shape index (κ2) is 10.6. The van der Waals surface area contributed by atoms with Crippen molar-refractivity contribution < 1.29 is 9.84 Å². The average Bonchev–Trinajstić information content (AvgIpc) is 3.09. The van der Waals surface area contributed by atoms with E-state index in [9.17, 15) is 5.11 Å². The van der Waals surface area contributed by atoms with Gasteiger partial charge in [-0.1, -0.05) is 54.4 Å². The van der Waals surface area contributed by atoms with Crippen molar-refractivity contribution in [3.63, 3.8) is 0 Å². The first-order chi connectivity index (χ1) is 14.4. The molecule has 0 saturated carbocycles. The highest BCUT2D eigenvalue weighted by Gasteiger charge is 2.19. The van der Waals surface area contributed by atoms with Crippen molar-refractivity contribution in [2.75, 3.05) is 18.1 Å². The zero-order valence-electron chi connectivity index (χ0n) is 17.4. The molecule has 2 aromatic carbocycles. The number of ether oxygens (including phenoxy) is 1. The van der Waals surface area contributed by atoms with Crippen LogP contribution in [0.3, 0.4) is 0 Å². The molecule has 1 atom stereocenters. The van der Waals surface area contributed by atoms with Gasteiger partial charge in [0, 0.05) is 40.7 Å². The minimum Gasteiger partial charge on any atom is -0.364 e. The number of rotatable bonds is 9. The van der Waals surface area contributed by atoms with Crippen LogP contribution in [0.25, 0.3) is 11.3 Å². The van der Waals surface area contributed by atoms with E-state index < -0.39 is 6.29 Å². The van der Waals surface area contributed by atoms with Crippen molar-refractivity contribution in [1.29, 1.82) is 0 Å². The number of aliphatic hydroxyl groups excluding tert-OH is 1. The molecule has 0 spiro atoms. The number of aromatic nitrogens is 1. The van der Waals surface area contributed by atoms with Gasteiger partial charge in [-0.3, -0.25) is 0 Å². The van der Waals surface area contributed by atoms with E-state index in [0.717, 1.165) is 45.4 Å².